The average Bonchev–Trinajstić information content (AvgIpc) is 2.68. The SMILES string of the molecule is CC(C)Oc1cccc(C(=O)[C@H]2CCCN(S(=O)(=O)c3cccnc3)C2)c1. The topological polar surface area (TPSA) is 76.6 Å². The Morgan fingerprint density at radius 3 is 2.78 bits per heavy atom. The van der Waals surface area contributed by atoms with E-state index >= 15 is 0 Å². The molecule has 1 aromatic carbocycles. The highest BCUT2D eigenvalue weighted by Crippen LogP contribution is 2.27. The van der Waals surface area contributed by atoms with Crippen molar-refractivity contribution in [1.82, 2.24) is 9.29 Å². The van der Waals surface area contributed by atoms with Crippen LogP contribution in [-0.4, -0.2) is 42.7 Å². The number of benzene rings is 1. The van der Waals surface area contributed by atoms with E-state index in [9.17, 15) is 13.2 Å². The molecule has 0 bridgehead atoms. The van der Waals surface area contributed by atoms with E-state index < -0.39 is 10.0 Å². The van der Waals surface area contributed by atoms with E-state index in [0.717, 1.165) is 0 Å². The van der Waals surface area contributed by atoms with Crippen LogP contribution in [0.15, 0.2) is 53.7 Å². The molecule has 7 heteroatoms. The highest BCUT2D eigenvalue weighted by atomic mass is 32.2. The molecule has 27 heavy (non-hydrogen) atoms. The van der Waals surface area contributed by atoms with E-state index in [0.29, 0.717) is 30.7 Å². The fourth-order valence-electron chi connectivity index (χ4n) is 3.25. The molecule has 1 aliphatic rings. The van der Waals surface area contributed by atoms with Gasteiger partial charge in [-0.05, 0) is 51.0 Å². The Labute approximate surface area is 160 Å². The maximum Gasteiger partial charge on any atom is 0.244 e. The minimum atomic E-state index is -3.64. The number of carbonyl (C=O) groups is 1. The Kier molecular flexibility index (Phi) is 5.92. The summed E-state index contributed by atoms with van der Waals surface area (Å²) in [5.74, 6) is 0.237. The molecule has 6 nitrogen and oxygen atoms in total. The second-order valence-corrected chi connectivity index (χ2v) is 8.89. The molecule has 0 amide bonds. The monoisotopic (exact) mass is 388 g/mol. The first kappa shape index (κ1) is 19.5. The van der Waals surface area contributed by atoms with Gasteiger partial charge in [-0.3, -0.25) is 9.78 Å². The number of hydrogen-bond acceptors (Lipinski definition) is 5. The van der Waals surface area contributed by atoms with Crippen molar-refractivity contribution in [2.45, 2.75) is 37.7 Å². The lowest BCUT2D eigenvalue weighted by molar-refractivity contribution is 0.0871. The first-order chi connectivity index (χ1) is 12.9. The van der Waals surface area contributed by atoms with Crippen molar-refractivity contribution in [3.8, 4) is 5.75 Å². The van der Waals surface area contributed by atoms with Gasteiger partial charge in [0.1, 0.15) is 10.6 Å². The van der Waals surface area contributed by atoms with E-state index in [2.05, 4.69) is 4.98 Å². The number of nitrogens with zero attached hydrogens (tertiary/aromatic N) is 2. The van der Waals surface area contributed by atoms with Gasteiger partial charge in [-0.1, -0.05) is 12.1 Å². The number of ether oxygens (including phenoxy) is 1. The summed E-state index contributed by atoms with van der Waals surface area (Å²) in [6.45, 7) is 4.45. The number of carbonyl (C=O) groups excluding carboxylic acids is 1. The number of pyridine rings is 1. The molecule has 0 aliphatic carbocycles. The standard InChI is InChI=1S/C20H24N2O4S/c1-15(2)26-18-8-3-6-16(12-18)20(23)17-7-5-11-22(14-17)27(24,25)19-9-4-10-21-13-19/h3-4,6,8-10,12-13,15,17H,5,7,11,14H2,1-2H3/t17-/m0/s1. The largest absolute Gasteiger partial charge is 0.491 e. The first-order valence-electron chi connectivity index (χ1n) is 9.09. The Morgan fingerprint density at radius 2 is 2.07 bits per heavy atom. The molecule has 2 aromatic rings. The lowest BCUT2D eigenvalue weighted by Crippen LogP contribution is -2.42. The normalized spacial score (nSPS) is 18.4. The van der Waals surface area contributed by atoms with Crippen LogP contribution in [0, 0.1) is 5.92 Å². The van der Waals surface area contributed by atoms with Crippen LogP contribution >= 0.6 is 0 Å². The molecule has 1 saturated heterocycles. The van der Waals surface area contributed by atoms with Crippen LogP contribution in [-0.2, 0) is 10.0 Å². The summed E-state index contributed by atoms with van der Waals surface area (Å²) in [6, 6.07) is 10.2. The van der Waals surface area contributed by atoms with Gasteiger partial charge in [0.2, 0.25) is 10.0 Å². The second-order valence-electron chi connectivity index (χ2n) is 6.95. The van der Waals surface area contributed by atoms with Gasteiger partial charge in [0.05, 0.1) is 6.10 Å². The van der Waals surface area contributed by atoms with Gasteiger partial charge in [0, 0.05) is 37.0 Å². The van der Waals surface area contributed by atoms with Gasteiger partial charge < -0.3 is 4.74 Å². The van der Waals surface area contributed by atoms with Gasteiger partial charge in [-0.15, -0.1) is 0 Å². The lowest BCUT2D eigenvalue weighted by Gasteiger charge is -2.31. The number of Topliss-reactive ketones (excluding diaryl/α,β-unsaturated/α-hetero) is 1. The van der Waals surface area contributed by atoms with Crippen LogP contribution in [0.4, 0.5) is 0 Å². The van der Waals surface area contributed by atoms with Crippen molar-refractivity contribution < 1.29 is 17.9 Å². The second kappa shape index (κ2) is 8.19. The third-order valence-electron chi connectivity index (χ3n) is 4.52. The van der Waals surface area contributed by atoms with Crippen LogP contribution in [0.1, 0.15) is 37.0 Å². The van der Waals surface area contributed by atoms with Gasteiger partial charge >= 0.3 is 0 Å². The minimum absolute atomic E-state index is 0.0187. The van der Waals surface area contributed by atoms with E-state index in [1.165, 1.54) is 22.8 Å². The van der Waals surface area contributed by atoms with Crippen LogP contribution in [0.3, 0.4) is 0 Å². The highest BCUT2D eigenvalue weighted by molar-refractivity contribution is 7.89. The van der Waals surface area contributed by atoms with E-state index in [4.69, 9.17) is 4.74 Å². The Hall–Kier alpha value is -2.25. The van der Waals surface area contributed by atoms with Gasteiger partial charge in [0.15, 0.2) is 5.78 Å². The van der Waals surface area contributed by atoms with Crippen LogP contribution in [0.2, 0.25) is 0 Å². The van der Waals surface area contributed by atoms with E-state index in [1.54, 1.807) is 24.3 Å². The number of sulfonamides is 1. The molecule has 144 valence electrons. The molecule has 0 N–H and O–H groups in total. The predicted octanol–water partition coefficient (Wildman–Crippen LogP) is 3.15. The molecule has 2 heterocycles. The zero-order valence-corrected chi connectivity index (χ0v) is 16.4. The zero-order chi connectivity index (χ0) is 19.4. The number of aromatic nitrogens is 1. The molecule has 0 spiro atoms. The zero-order valence-electron chi connectivity index (χ0n) is 15.5. The molecule has 3 rings (SSSR count). The summed E-state index contributed by atoms with van der Waals surface area (Å²) >= 11 is 0. The number of piperidine rings is 1. The Balaban J connectivity index is 1.77. The van der Waals surface area contributed by atoms with Crippen LogP contribution in [0.25, 0.3) is 0 Å². The first-order valence-corrected chi connectivity index (χ1v) is 10.5. The van der Waals surface area contributed by atoms with Crippen molar-refractivity contribution in [2.75, 3.05) is 13.1 Å². The molecule has 1 aromatic heterocycles. The number of hydrogen-bond donors (Lipinski definition) is 0. The molecular weight excluding hydrogens is 364 g/mol. The lowest BCUT2D eigenvalue weighted by atomic mass is 9.91. The average molecular weight is 388 g/mol. The molecule has 1 aliphatic heterocycles. The van der Waals surface area contributed by atoms with Crippen LogP contribution in [0.5, 0.6) is 5.75 Å². The minimum Gasteiger partial charge on any atom is -0.491 e. The van der Waals surface area contributed by atoms with Crippen LogP contribution < -0.4 is 4.74 Å². The van der Waals surface area contributed by atoms with Gasteiger partial charge in [0.25, 0.3) is 0 Å². The predicted molar refractivity (Wildman–Crippen MR) is 102 cm³/mol. The molecular formula is C20H24N2O4S. The van der Waals surface area contributed by atoms with E-state index in [1.807, 2.05) is 19.9 Å². The molecule has 0 unspecified atom stereocenters. The summed E-state index contributed by atoms with van der Waals surface area (Å²) in [5, 5.41) is 0. The third kappa shape index (κ3) is 4.54. The summed E-state index contributed by atoms with van der Waals surface area (Å²) in [6.07, 6.45) is 4.22. The smallest absolute Gasteiger partial charge is 0.244 e. The molecule has 1 fully saturated rings. The maximum atomic E-state index is 13.0. The van der Waals surface area contributed by atoms with Crippen molar-refractivity contribution in [3.63, 3.8) is 0 Å². The fourth-order valence-corrected chi connectivity index (χ4v) is 4.74. The third-order valence-corrected chi connectivity index (χ3v) is 6.37. The highest BCUT2D eigenvalue weighted by Gasteiger charge is 2.33. The fraction of sp³-hybridized carbons (Fsp3) is 0.400. The Bertz CT molecular complexity index is 897. The van der Waals surface area contributed by atoms with E-state index in [-0.39, 0.29) is 29.2 Å². The summed E-state index contributed by atoms with van der Waals surface area (Å²) in [4.78, 5) is 17.0. The molecule has 0 saturated carbocycles. The van der Waals surface area contributed by atoms with Crippen molar-refractivity contribution in [3.05, 3.63) is 54.4 Å². The molecule has 1 atom stereocenters. The summed E-state index contributed by atoms with van der Waals surface area (Å²) < 4.78 is 32.7. The number of ketones is 1. The summed E-state index contributed by atoms with van der Waals surface area (Å²) in [5.41, 5.74) is 0.554. The number of rotatable bonds is 6. The maximum absolute atomic E-state index is 13.0. The Morgan fingerprint density at radius 1 is 1.26 bits per heavy atom. The quantitative estimate of drug-likeness (QED) is 0.711. The van der Waals surface area contributed by atoms with Crippen molar-refractivity contribution >= 4 is 15.8 Å². The van der Waals surface area contributed by atoms with Crippen molar-refractivity contribution in [1.29, 1.82) is 0 Å². The van der Waals surface area contributed by atoms with Gasteiger partial charge in [-0.25, -0.2) is 8.42 Å². The van der Waals surface area contributed by atoms with Gasteiger partial charge in [-0.2, -0.15) is 4.31 Å². The molecule has 0 radical (unpaired) electrons. The summed E-state index contributed by atoms with van der Waals surface area (Å²) in [7, 11) is -3.64. The van der Waals surface area contributed by atoms with Crippen molar-refractivity contribution in [2.24, 2.45) is 5.92 Å².